The van der Waals surface area contributed by atoms with Crippen LogP contribution in [0.2, 0.25) is 0 Å². The molecule has 0 spiro atoms. The molecule has 0 unspecified atom stereocenters. The fourth-order valence-corrected chi connectivity index (χ4v) is 1.69. The number of methoxy groups -OCH3 is 1. The van der Waals surface area contributed by atoms with Crippen molar-refractivity contribution in [2.24, 2.45) is 0 Å². The van der Waals surface area contributed by atoms with Gasteiger partial charge in [-0.2, -0.15) is 0 Å². The van der Waals surface area contributed by atoms with Gasteiger partial charge in [-0.25, -0.2) is 4.79 Å². The van der Waals surface area contributed by atoms with Gasteiger partial charge in [-0.05, 0) is 26.0 Å². The summed E-state index contributed by atoms with van der Waals surface area (Å²) in [4.78, 5) is 11.5. The zero-order valence-corrected chi connectivity index (χ0v) is 8.96. The lowest BCUT2D eigenvalue weighted by atomic mass is 10.1. The molecule has 1 aromatic carbocycles. The quantitative estimate of drug-likeness (QED) is 0.670. The maximum atomic E-state index is 11.5. The number of fused-ring (bicyclic) bond motifs is 1. The summed E-state index contributed by atoms with van der Waals surface area (Å²) in [5.74, 6) is 0.249. The molecule has 0 bridgehead atoms. The second-order valence-corrected chi connectivity index (χ2v) is 3.52. The van der Waals surface area contributed by atoms with Crippen molar-refractivity contribution < 1.29 is 13.9 Å². The van der Waals surface area contributed by atoms with E-state index in [1.807, 2.05) is 25.1 Å². The average molecular weight is 204 g/mol. The molecule has 3 nitrogen and oxygen atoms in total. The van der Waals surface area contributed by atoms with Gasteiger partial charge in [-0.3, -0.25) is 0 Å². The molecule has 0 saturated carbocycles. The first-order valence-electron chi connectivity index (χ1n) is 4.71. The summed E-state index contributed by atoms with van der Waals surface area (Å²) >= 11 is 0. The monoisotopic (exact) mass is 204 g/mol. The molecule has 0 fully saturated rings. The molecule has 0 amide bonds. The number of benzene rings is 1. The van der Waals surface area contributed by atoms with Gasteiger partial charge in [-0.15, -0.1) is 0 Å². The number of carbonyl (C=O) groups excluding carboxylic acids is 1. The van der Waals surface area contributed by atoms with Crippen LogP contribution in [-0.2, 0) is 4.74 Å². The van der Waals surface area contributed by atoms with Crippen LogP contribution in [-0.4, -0.2) is 13.1 Å². The molecular formula is C12H12O3. The zero-order valence-electron chi connectivity index (χ0n) is 8.96. The number of carbonyl (C=O) groups is 1. The number of hydrogen-bond acceptors (Lipinski definition) is 3. The van der Waals surface area contributed by atoms with Crippen LogP contribution in [0.3, 0.4) is 0 Å². The van der Waals surface area contributed by atoms with Crippen molar-refractivity contribution in [3.05, 3.63) is 35.1 Å². The van der Waals surface area contributed by atoms with E-state index < -0.39 is 0 Å². The topological polar surface area (TPSA) is 39.4 Å². The predicted molar refractivity (Wildman–Crippen MR) is 57.0 cm³/mol. The minimum atomic E-state index is -0.350. The molecule has 0 N–H and O–H groups in total. The van der Waals surface area contributed by atoms with Gasteiger partial charge in [0.05, 0.1) is 7.11 Å². The van der Waals surface area contributed by atoms with Gasteiger partial charge in [0.15, 0.2) is 0 Å². The Morgan fingerprint density at radius 1 is 1.33 bits per heavy atom. The van der Waals surface area contributed by atoms with Crippen molar-refractivity contribution in [1.29, 1.82) is 0 Å². The first kappa shape index (κ1) is 9.77. The molecule has 0 aliphatic rings. The minimum absolute atomic E-state index is 0.350. The third-order valence-corrected chi connectivity index (χ3v) is 2.41. The van der Waals surface area contributed by atoms with Crippen LogP contribution in [0, 0.1) is 13.8 Å². The Morgan fingerprint density at radius 2 is 2.07 bits per heavy atom. The smallest absolute Gasteiger partial charge is 0.342 e. The van der Waals surface area contributed by atoms with Crippen LogP contribution < -0.4 is 0 Å². The van der Waals surface area contributed by atoms with Gasteiger partial charge in [-0.1, -0.05) is 11.6 Å². The number of aryl methyl sites for hydroxylation is 2. The Labute approximate surface area is 87.6 Å². The number of hydrogen-bond donors (Lipinski definition) is 0. The van der Waals surface area contributed by atoms with Gasteiger partial charge >= 0.3 is 5.97 Å². The summed E-state index contributed by atoms with van der Waals surface area (Å²) in [5.41, 5.74) is 2.34. The van der Waals surface area contributed by atoms with E-state index in [2.05, 4.69) is 0 Å². The summed E-state index contributed by atoms with van der Waals surface area (Å²) in [6, 6.07) is 5.74. The van der Waals surface area contributed by atoms with E-state index in [4.69, 9.17) is 9.15 Å². The van der Waals surface area contributed by atoms with Crippen LogP contribution in [0.25, 0.3) is 11.0 Å². The van der Waals surface area contributed by atoms with Crippen LogP contribution >= 0.6 is 0 Å². The number of esters is 1. The highest BCUT2D eigenvalue weighted by Gasteiger charge is 2.18. The van der Waals surface area contributed by atoms with Crippen LogP contribution in [0.5, 0.6) is 0 Å². The van der Waals surface area contributed by atoms with Crippen LogP contribution in [0.1, 0.15) is 21.7 Å². The Morgan fingerprint density at radius 3 is 2.73 bits per heavy atom. The lowest BCUT2D eigenvalue weighted by Gasteiger charge is -1.97. The largest absolute Gasteiger partial charge is 0.465 e. The second kappa shape index (κ2) is 3.42. The van der Waals surface area contributed by atoms with E-state index >= 15 is 0 Å². The van der Waals surface area contributed by atoms with E-state index in [-0.39, 0.29) is 5.97 Å². The first-order chi connectivity index (χ1) is 7.13. The molecule has 0 radical (unpaired) electrons. The van der Waals surface area contributed by atoms with Crippen molar-refractivity contribution in [3.8, 4) is 0 Å². The van der Waals surface area contributed by atoms with Crippen molar-refractivity contribution in [1.82, 2.24) is 0 Å². The van der Waals surface area contributed by atoms with E-state index in [1.165, 1.54) is 7.11 Å². The molecule has 1 aromatic heterocycles. The zero-order chi connectivity index (χ0) is 11.0. The van der Waals surface area contributed by atoms with Crippen molar-refractivity contribution in [2.45, 2.75) is 13.8 Å². The normalized spacial score (nSPS) is 10.6. The number of furan rings is 1. The van der Waals surface area contributed by atoms with Crippen molar-refractivity contribution in [2.75, 3.05) is 7.11 Å². The fraction of sp³-hybridized carbons (Fsp3) is 0.250. The summed E-state index contributed by atoms with van der Waals surface area (Å²) < 4.78 is 10.2. The van der Waals surface area contributed by atoms with E-state index in [0.29, 0.717) is 11.3 Å². The second-order valence-electron chi connectivity index (χ2n) is 3.52. The fourth-order valence-electron chi connectivity index (χ4n) is 1.69. The predicted octanol–water partition coefficient (Wildman–Crippen LogP) is 2.84. The van der Waals surface area contributed by atoms with Gasteiger partial charge in [0, 0.05) is 5.39 Å². The molecule has 2 rings (SSSR count). The summed E-state index contributed by atoms with van der Waals surface area (Å²) in [7, 11) is 1.37. The number of rotatable bonds is 1. The Balaban J connectivity index is 2.76. The van der Waals surface area contributed by atoms with Gasteiger partial charge in [0.25, 0.3) is 0 Å². The average Bonchev–Trinajstić information content (AvgIpc) is 2.52. The standard InChI is InChI=1S/C12H12O3/c1-7-4-5-10-9(6-7)11(8(2)15-10)12(13)14-3/h4-6H,1-3H3. The molecule has 2 aromatic rings. The molecule has 0 saturated heterocycles. The van der Waals surface area contributed by atoms with Crippen LogP contribution in [0.15, 0.2) is 22.6 Å². The molecule has 78 valence electrons. The first-order valence-corrected chi connectivity index (χ1v) is 4.71. The summed E-state index contributed by atoms with van der Waals surface area (Å²) in [6.07, 6.45) is 0. The Hall–Kier alpha value is -1.77. The van der Waals surface area contributed by atoms with Crippen molar-refractivity contribution >= 4 is 16.9 Å². The molecule has 3 heteroatoms. The van der Waals surface area contributed by atoms with Crippen molar-refractivity contribution in [3.63, 3.8) is 0 Å². The molecular weight excluding hydrogens is 192 g/mol. The molecule has 0 aliphatic carbocycles. The highest BCUT2D eigenvalue weighted by molar-refractivity contribution is 6.04. The number of ether oxygens (including phenoxy) is 1. The highest BCUT2D eigenvalue weighted by atomic mass is 16.5. The summed E-state index contributed by atoms with van der Waals surface area (Å²) in [6.45, 7) is 3.74. The lowest BCUT2D eigenvalue weighted by molar-refractivity contribution is 0.0601. The van der Waals surface area contributed by atoms with E-state index in [0.717, 1.165) is 16.5 Å². The van der Waals surface area contributed by atoms with Gasteiger partial charge in [0.2, 0.25) is 0 Å². The third-order valence-electron chi connectivity index (χ3n) is 2.41. The van der Waals surface area contributed by atoms with Gasteiger partial charge in [0.1, 0.15) is 16.9 Å². The minimum Gasteiger partial charge on any atom is -0.465 e. The molecule has 0 atom stereocenters. The highest BCUT2D eigenvalue weighted by Crippen LogP contribution is 2.26. The summed E-state index contributed by atoms with van der Waals surface area (Å²) in [5, 5.41) is 0.819. The van der Waals surface area contributed by atoms with E-state index in [9.17, 15) is 4.79 Å². The van der Waals surface area contributed by atoms with E-state index in [1.54, 1.807) is 6.92 Å². The SMILES string of the molecule is COC(=O)c1c(C)oc2ccc(C)cc12. The Bertz CT molecular complexity index is 523. The molecule has 1 heterocycles. The van der Waals surface area contributed by atoms with Crippen LogP contribution in [0.4, 0.5) is 0 Å². The Kier molecular flexibility index (Phi) is 2.23. The third kappa shape index (κ3) is 1.50. The maximum Gasteiger partial charge on any atom is 0.342 e. The molecule has 15 heavy (non-hydrogen) atoms. The molecule has 0 aliphatic heterocycles. The maximum absolute atomic E-state index is 11.5. The van der Waals surface area contributed by atoms with Gasteiger partial charge < -0.3 is 9.15 Å². The lowest BCUT2D eigenvalue weighted by Crippen LogP contribution is -2.01.